The van der Waals surface area contributed by atoms with E-state index in [0.717, 1.165) is 0 Å². The van der Waals surface area contributed by atoms with Crippen LogP contribution in [0.3, 0.4) is 0 Å². The number of hydrogen-bond donors (Lipinski definition) is 2. The Kier molecular flexibility index (Phi) is 8.32. The summed E-state index contributed by atoms with van der Waals surface area (Å²) >= 11 is 0. The Labute approximate surface area is 270 Å². The molecule has 3 aliphatic rings. The molecule has 0 aliphatic carbocycles. The van der Waals surface area contributed by atoms with E-state index >= 15 is 0 Å². The third-order valence-electron chi connectivity index (χ3n) is 8.89. The van der Waals surface area contributed by atoms with Gasteiger partial charge in [0.15, 0.2) is 5.82 Å². The SMILES string of the molecule is C[C@@H]1N(c2cc(-c3ccc(C(F)F)nc3)cnc2O[C@H]2C[C@@H](C(=O)O)N(c3nc(-c4ccc[nH]4)nc(C(F)F)n3)C2)CCOC12COC2. The molecule has 13 nitrogen and oxygen atoms in total. The van der Waals surface area contributed by atoms with Crippen LogP contribution in [0, 0.1) is 0 Å². The summed E-state index contributed by atoms with van der Waals surface area (Å²) in [6.07, 6.45) is -2.06. The van der Waals surface area contributed by atoms with E-state index in [4.69, 9.17) is 14.2 Å². The predicted molar refractivity (Wildman–Crippen MR) is 161 cm³/mol. The van der Waals surface area contributed by atoms with Crippen molar-refractivity contribution in [1.29, 1.82) is 0 Å². The van der Waals surface area contributed by atoms with E-state index in [0.29, 0.717) is 48.9 Å². The highest BCUT2D eigenvalue weighted by molar-refractivity contribution is 5.78. The second kappa shape index (κ2) is 12.6. The van der Waals surface area contributed by atoms with Crippen LogP contribution >= 0.6 is 0 Å². The zero-order valence-electron chi connectivity index (χ0n) is 25.5. The molecular weight excluding hydrogens is 640 g/mol. The molecule has 1 spiro atoms. The molecule has 3 aliphatic heterocycles. The van der Waals surface area contributed by atoms with Crippen molar-refractivity contribution in [2.75, 3.05) is 42.7 Å². The molecular formula is C31H30F4N8O5. The number of nitrogens with zero attached hydrogens (tertiary/aromatic N) is 7. The number of H-pyrrole nitrogens is 1. The number of alkyl halides is 4. The van der Waals surface area contributed by atoms with Crippen LogP contribution in [0.15, 0.2) is 48.9 Å². The van der Waals surface area contributed by atoms with Crippen LogP contribution in [-0.2, 0) is 14.3 Å². The molecule has 0 unspecified atom stereocenters. The van der Waals surface area contributed by atoms with Crippen LogP contribution in [0.2, 0.25) is 0 Å². The number of anilines is 2. The lowest BCUT2D eigenvalue weighted by molar-refractivity contribution is -0.228. The lowest BCUT2D eigenvalue weighted by atomic mass is 9.90. The lowest BCUT2D eigenvalue weighted by Gasteiger charge is -2.53. The Morgan fingerprint density at radius 2 is 1.88 bits per heavy atom. The molecule has 4 aromatic rings. The number of carbonyl (C=O) groups is 1. The van der Waals surface area contributed by atoms with Crippen LogP contribution < -0.4 is 14.5 Å². The summed E-state index contributed by atoms with van der Waals surface area (Å²) in [5, 5.41) is 10.1. The number of carboxylic acid groups (broad SMARTS) is 1. The summed E-state index contributed by atoms with van der Waals surface area (Å²) in [7, 11) is 0. The fraction of sp³-hybridized carbons (Fsp3) is 0.419. The van der Waals surface area contributed by atoms with Gasteiger partial charge in [-0.05, 0) is 31.2 Å². The Morgan fingerprint density at radius 3 is 2.52 bits per heavy atom. The maximum absolute atomic E-state index is 13.8. The molecule has 17 heteroatoms. The van der Waals surface area contributed by atoms with E-state index in [1.54, 1.807) is 18.3 Å². The smallest absolute Gasteiger partial charge is 0.326 e. The van der Waals surface area contributed by atoms with E-state index in [-0.39, 0.29) is 42.4 Å². The summed E-state index contributed by atoms with van der Waals surface area (Å²) < 4.78 is 72.0. The van der Waals surface area contributed by atoms with E-state index in [2.05, 4.69) is 34.8 Å². The highest BCUT2D eigenvalue weighted by Crippen LogP contribution is 2.41. The van der Waals surface area contributed by atoms with Crippen molar-refractivity contribution in [3.05, 3.63) is 60.4 Å². The van der Waals surface area contributed by atoms with Crippen LogP contribution in [0.1, 0.15) is 37.7 Å². The average Bonchev–Trinajstić information content (AvgIpc) is 3.76. The summed E-state index contributed by atoms with van der Waals surface area (Å²) in [4.78, 5) is 39.3. The fourth-order valence-electron chi connectivity index (χ4n) is 6.19. The number of nitrogens with one attached hydrogen (secondary N) is 1. The van der Waals surface area contributed by atoms with E-state index < -0.39 is 42.4 Å². The number of aliphatic carboxylic acids is 1. The summed E-state index contributed by atoms with van der Waals surface area (Å²) in [6, 6.07) is 6.50. The molecule has 3 atom stereocenters. The second-order valence-corrected chi connectivity index (χ2v) is 11.8. The molecule has 0 amide bonds. The first-order valence-corrected chi connectivity index (χ1v) is 15.2. The van der Waals surface area contributed by atoms with Gasteiger partial charge >= 0.3 is 5.97 Å². The van der Waals surface area contributed by atoms with Gasteiger partial charge in [-0.15, -0.1) is 0 Å². The van der Waals surface area contributed by atoms with Crippen LogP contribution in [0.5, 0.6) is 5.88 Å². The van der Waals surface area contributed by atoms with Crippen LogP contribution in [0.4, 0.5) is 29.2 Å². The van der Waals surface area contributed by atoms with Crippen molar-refractivity contribution in [1.82, 2.24) is 29.9 Å². The average molecular weight is 671 g/mol. The number of aromatic amines is 1. The first kappa shape index (κ1) is 31.7. The number of aromatic nitrogens is 6. The number of carboxylic acids is 1. The highest BCUT2D eigenvalue weighted by Gasteiger charge is 2.50. The van der Waals surface area contributed by atoms with Crippen LogP contribution in [-0.4, -0.2) is 97.7 Å². The molecule has 7 heterocycles. The van der Waals surface area contributed by atoms with Gasteiger partial charge in [0.2, 0.25) is 17.7 Å². The third-order valence-corrected chi connectivity index (χ3v) is 8.89. The molecule has 4 aromatic heterocycles. The number of halogens is 4. The summed E-state index contributed by atoms with van der Waals surface area (Å²) in [6.45, 7) is 3.63. The first-order chi connectivity index (χ1) is 23.1. The van der Waals surface area contributed by atoms with Gasteiger partial charge < -0.3 is 34.1 Å². The normalized spacial score (nSPS) is 22.0. The van der Waals surface area contributed by atoms with Crippen molar-refractivity contribution < 1.29 is 41.7 Å². The minimum atomic E-state index is -3.02. The van der Waals surface area contributed by atoms with Gasteiger partial charge in [0, 0.05) is 42.7 Å². The topological polar surface area (TPSA) is 152 Å². The van der Waals surface area contributed by atoms with Gasteiger partial charge in [0.05, 0.1) is 38.1 Å². The molecule has 0 aromatic carbocycles. The minimum Gasteiger partial charge on any atom is -0.480 e. The first-order valence-electron chi connectivity index (χ1n) is 15.2. The van der Waals surface area contributed by atoms with Gasteiger partial charge in [-0.2, -0.15) is 9.97 Å². The van der Waals surface area contributed by atoms with Crippen molar-refractivity contribution in [3.8, 4) is 28.5 Å². The molecule has 252 valence electrons. The Bertz CT molecular complexity index is 1780. The van der Waals surface area contributed by atoms with Gasteiger partial charge in [0.1, 0.15) is 29.1 Å². The zero-order chi connectivity index (χ0) is 33.6. The number of morpholine rings is 1. The maximum Gasteiger partial charge on any atom is 0.326 e. The molecule has 48 heavy (non-hydrogen) atoms. The van der Waals surface area contributed by atoms with E-state index in [9.17, 15) is 27.5 Å². The summed E-state index contributed by atoms with van der Waals surface area (Å²) in [5.74, 6) is -2.07. The van der Waals surface area contributed by atoms with Crippen molar-refractivity contribution in [2.24, 2.45) is 0 Å². The van der Waals surface area contributed by atoms with Crippen LogP contribution in [0.25, 0.3) is 22.6 Å². The fourth-order valence-corrected chi connectivity index (χ4v) is 6.19. The van der Waals surface area contributed by atoms with E-state index in [1.165, 1.54) is 29.4 Å². The molecule has 0 radical (unpaired) electrons. The van der Waals surface area contributed by atoms with Crippen molar-refractivity contribution in [3.63, 3.8) is 0 Å². The monoisotopic (exact) mass is 670 g/mol. The summed E-state index contributed by atoms with van der Waals surface area (Å²) in [5.41, 5.74) is 1.21. The Morgan fingerprint density at radius 1 is 1.06 bits per heavy atom. The molecule has 0 bridgehead atoms. The zero-order valence-corrected chi connectivity index (χ0v) is 25.5. The lowest BCUT2D eigenvalue weighted by Crippen LogP contribution is -2.68. The number of hydrogen-bond acceptors (Lipinski definition) is 11. The second-order valence-electron chi connectivity index (χ2n) is 11.8. The third kappa shape index (κ3) is 5.87. The van der Waals surface area contributed by atoms with Gasteiger partial charge in [-0.3, -0.25) is 4.98 Å². The molecule has 0 saturated carbocycles. The Hall–Kier alpha value is -4.90. The van der Waals surface area contributed by atoms with E-state index in [1.807, 2.05) is 13.0 Å². The molecule has 3 fully saturated rings. The van der Waals surface area contributed by atoms with Gasteiger partial charge in [-0.1, -0.05) is 6.07 Å². The largest absolute Gasteiger partial charge is 0.480 e. The molecule has 7 rings (SSSR count). The van der Waals surface area contributed by atoms with Crippen molar-refractivity contribution >= 4 is 17.6 Å². The number of pyridine rings is 2. The Balaban J connectivity index is 1.22. The molecule has 2 N–H and O–H groups in total. The maximum atomic E-state index is 13.8. The van der Waals surface area contributed by atoms with Crippen molar-refractivity contribution in [2.45, 2.75) is 50.0 Å². The van der Waals surface area contributed by atoms with Gasteiger partial charge in [-0.25, -0.2) is 32.3 Å². The predicted octanol–water partition coefficient (Wildman–Crippen LogP) is 4.30. The quantitative estimate of drug-likeness (QED) is 0.244. The molecule has 3 saturated heterocycles. The van der Waals surface area contributed by atoms with Gasteiger partial charge in [0.25, 0.3) is 12.9 Å². The minimum absolute atomic E-state index is 0.0266. The number of rotatable bonds is 9. The standard InChI is InChI=1S/C31H30F4N8O5/c1-16-31(14-46-15-31)47-8-7-42(16)22-9-18(17-4-5-20(24(32)33)37-11-17)12-38-28(22)48-19-10-23(29(44)45)43(13-19)30-40-26(21-3-2-6-36-21)39-27(41-30)25(34)35/h2-6,9,11-12,16,19,23-25,36H,7-8,10,13-15H2,1H3,(H,44,45)/t16-,19-,23-/m0/s1. The number of ether oxygens (including phenoxy) is 3. The highest BCUT2D eigenvalue weighted by atomic mass is 19.3.